The molecule has 0 unspecified atom stereocenters. The van der Waals surface area contributed by atoms with Gasteiger partial charge in [0.2, 0.25) is 5.91 Å². The fourth-order valence-corrected chi connectivity index (χ4v) is 3.73. The Hall–Kier alpha value is -2.84. The molecule has 2 aromatic rings. The fourth-order valence-electron chi connectivity index (χ4n) is 3.49. The van der Waals surface area contributed by atoms with Gasteiger partial charge < -0.3 is 19.4 Å². The lowest BCUT2D eigenvalue weighted by Gasteiger charge is -2.39. The summed E-state index contributed by atoms with van der Waals surface area (Å²) >= 11 is 6.30. The van der Waals surface area contributed by atoms with Crippen LogP contribution in [-0.2, 0) is 14.3 Å². The van der Waals surface area contributed by atoms with Crippen molar-refractivity contribution in [3.63, 3.8) is 0 Å². The molecule has 30 heavy (non-hydrogen) atoms. The molecular weight excluding hydrogens is 410 g/mol. The van der Waals surface area contributed by atoms with Gasteiger partial charge in [0, 0.05) is 31.2 Å². The second-order valence-corrected chi connectivity index (χ2v) is 7.39. The summed E-state index contributed by atoms with van der Waals surface area (Å²) in [6, 6.07) is 8.95. The summed E-state index contributed by atoms with van der Waals surface area (Å²) in [5.41, 5.74) is 0.671. The number of hydrogen-bond donors (Lipinski definition) is 1. The molecule has 2 atom stereocenters. The third-order valence-electron chi connectivity index (χ3n) is 5.08. The van der Waals surface area contributed by atoms with E-state index in [4.69, 9.17) is 20.8 Å². The van der Waals surface area contributed by atoms with Crippen molar-refractivity contribution in [2.24, 2.45) is 0 Å². The van der Waals surface area contributed by atoms with Crippen LogP contribution in [0.1, 0.15) is 29.1 Å². The molecule has 1 aliphatic rings. The highest BCUT2D eigenvalue weighted by Gasteiger charge is 2.34. The minimum atomic E-state index is -0.700. The molecule has 2 amide bonds. The predicted molar refractivity (Wildman–Crippen MR) is 110 cm³/mol. The average molecular weight is 434 g/mol. The molecule has 1 aromatic carbocycles. The van der Waals surface area contributed by atoms with Gasteiger partial charge in [-0.15, -0.1) is 0 Å². The summed E-state index contributed by atoms with van der Waals surface area (Å²) in [7, 11) is 1.34. The molecule has 160 valence electrons. The van der Waals surface area contributed by atoms with E-state index in [1.54, 1.807) is 36.1 Å². The number of benzene rings is 1. The highest BCUT2D eigenvalue weighted by Crippen LogP contribution is 2.29. The number of rotatable bonds is 6. The largest absolute Gasteiger partial charge is 0.468 e. The minimum absolute atomic E-state index is 0.153. The first-order valence-electron chi connectivity index (χ1n) is 9.62. The summed E-state index contributed by atoms with van der Waals surface area (Å²) in [6.07, 6.45) is 1.40. The Kier molecular flexibility index (Phi) is 7.12. The number of furan rings is 1. The summed E-state index contributed by atoms with van der Waals surface area (Å²) in [5, 5.41) is 3.13. The van der Waals surface area contributed by atoms with Crippen LogP contribution in [0.3, 0.4) is 0 Å². The van der Waals surface area contributed by atoms with Crippen LogP contribution < -0.4 is 5.32 Å². The summed E-state index contributed by atoms with van der Waals surface area (Å²) in [4.78, 5) is 40.9. The lowest BCUT2D eigenvalue weighted by Crippen LogP contribution is -2.55. The Balaban J connectivity index is 1.62. The van der Waals surface area contributed by atoms with Gasteiger partial charge in [-0.05, 0) is 30.7 Å². The van der Waals surface area contributed by atoms with E-state index in [9.17, 15) is 14.4 Å². The highest BCUT2D eigenvalue weighted by molar-refractivity contribution is 6.31. The molecule has 0 aliphatic carbocycles. The highest BCUT2D eigenvalue weighted by atomic mass is 35.5. The average Bonchev–Trinajstić information content (AvgIpc) is 3.30. The van der Waals surface area contributed by atoms with E-state index >= 15 is 0 Å². The normalized spacial score (nSPS) is 16.6. The van der Waals surface area contributed by atoms with Crippen LogP contribution in [0.15, 0.2) is 47.1 Å². The molecule has 1 saturated heterocycles. The van der Waals surface area contributed by atoms with Crippen LogP contribution in [0, 0.1) is 0 Å². The van der Waals surface area contributed by atoms with E-state index in [0.29, 0.717) is 36.8 Å². The maximum absolute atomic E-state index is 12.7. The Morgan fingerprint density at radius 2 is 1.80 bits per heavy atom. The SMILES string of the molecule is COC(=O)[C@@H](c1ccccc1Cl)N1CCN(C(=O)[C@H](C)NC(=O)c2ccco2)CC1. The zero-order chi connectivity index (χ0) is 21.7. The molecule has 9 heteroatoms. The standard InChI is InChI=1S/C21H24ClN3O5/c1-14(23-19(26)17-8-5-13-30-17)20(27)25-11-9-24(10-12-25)18(21(28)29-2)15-6-3-4-7-16(15)22/h3-8,13-14,18H,9-12H2,1-2H3,(H,23,26)/t14-,18+/m0/s1. The second-order valence-electron chi connectivity index (χ2n) is 6.98. The van der Waals surface area contributed by atoms with Gasteiger partial charge in [-0.3, -0.25) is 14.5 Å². The molecule has 1 fully saturated rings. The van der Waals surface area contributed by atoms with Crippen LogP contribution in [0.25, 0.3) is 0 Å². The first-order valence-corrected chi connectivity index (χ1v) is 9.99. The molecule has 3 rings (SSSR count). The summed E-state index contributed by atoms with van der Waals surface area (Å²) in [5.74, 6) is -0.882. The smallest absolute Gasteiger partial charge is 0.327 e. The van der Waals surface area contributed by atoms with Crippen molar-refractivity contribution >= 4 is 29.4 Å². The first-order chi connectivity index (χ1) is 14.4. The van der Waals surface area contributed by atoms with Gasteiger partial charge in [0.15, 0.2) is 5.76 Å². The monoisotopic (exact) mass is 433 g/mol. The van der Waals surface area contributed by atoms with Crippen LogP contribution in [0.2, 0.25) is 5.02 Å². The predicted octanol–water partition coefficient (Wildman–Crippen LogP) is 2.11. The molecule has 0 radical (unpaired) electrons. The summed E-state index contributed by atoms with van der Waals surface area (Å²) < 4.78 is 10.0. The van der Waals surface area contributed by atoms with Crippen molar-refractivity contribution in [2.75, 3.05) is 33.3 Å². The van der Waals surface area contributed by atoms with Crippen molar-refractivity contribution in [3.8, 4) is 0 Å². The number of hydrogen-bond acceptors (Lipinski definition) is 6. The van der Waals surface area contributed by atoms with Gasteiger partial charge in [-0.2, -0.15) is 0 Å². The molecule has 1 N–H and O–H groups in total. The lowest BCUT2D eigenvalue weighted by molar-refractivity contribution is -0.148. The number of nitrogens with zero attached hydrogens (tertiary/aromatic N) is 2. The number of nitrogens with one attached hydrogen (secondary N) is 1. The molecular formula is C21H24ClN3O5. The van der Waals surface area contributed by atoms with Gasteiger partial charge in [-0.25, -0.2) is 4.79 Å². The van der Waals surface area contributed by atoms with E-state index in [1.165, 1.54) is 19.4 Å². The topological polar surface area (TPSA) is 92.1 Å². The third kappa shape index (κ3) is 4.83. The van der Waals surface area contributed by atoms with Crippen molar-refractivity contribution in [1.29, 1.82) is 0 Å². The van der Waals surface area contributed by atoms with Crippen LogP contribution >= 0.6 is 11.6 Å². The quantitative estimate of drug-likeness (QED) is 0.701. The van der Waals surface area contributed by atoms with E-state index in [1.807, 2.05) is 11.0 Å². The molecule has 0 saturated carbocycles. The maximum Gasteiger partial charge on any atom is 0.327 e. The van der Waals surface area contributed by atoms with Crippen LogP contribution in [0.4, 0.5) is 0 Å². The Bertz CT molecular complexity index is 894. The van der Waals surface area contributed by atoms with E-state index in [-0.39, 0.29) is 11.7 Å². The Labute approximate surface area is 179 Å². The van der Waals surface area contributed by atoms with Gasteiger partial charge in [0.1, 0.15) is 12.1 Å². The molecule has 2 heterocycles. The van der Waals surface area contributed by atoms with Gasteiger partial charge >= 0.3 is 5.97 Å². The lowest BCUT2D eigenvalue weighted by atomic mass is 10.0. The Morgan fingerprint density at radius 1 is 1.10 bits per heavy atom. The van der Waals surface area contributed by atoms with Crippen molar-refractivity contribution in [1.82, 2.24) is 15.1 Å². The van der Waals surface area contributed by atoms with Crippen molar-refractivity contribution in [3.05, 3.63) is 59.0 Å². The number of ether oxygens (including phenoxy) is 1. The summed E-state index contributed by atoms with van der Waals surface area (Å²) in [6.45, 7) is 3.40. The van der Waals surface area contributed by atoms with Crippen molar-refractivity contribution < 1.29 is 23.5 Å². The fraction of sp³-hybridized carbons (Fsp3) is 0.381. The molecule has 0 spiro atoms. The van der Waals surface area contributed by atoms with Crippen LogP contribution in [-0.4, -0.2) is 66.9 Å². The van der Waals surface area contributed by atoms with E-state index in [2.05, 4.69) is 5.32 Å². The third-order valence-corrected chi connectivity index (χ3v) is 5.42. The van der Waals surface area contributed by atoms with Gasteiger partial charge in [0.25, 0.3) is 5.91 Å². The molecule has 1 aliphatic heterocycles. The van der Waals surface area contributed by atoms with Crippen molar-refractivity contribution in [2.45, 2.75) is 19.0 Å². The first kappa shape index (κ1) is 21.9. The molecule has 0 bridgehead atoms. The zero-order valence-corrected chi connectivity index (χ0v) is 17.6. The zero-order valence-electron chi connectivity index (χ0n) is 16.8. The van der Waals surface area contributed by atoms with Gasteiger partial charge in [-0.1, -0.05) is 29.8 Å². The molecule has 8 nitrogen and oxygen atoms in total. The number of halogens is 1. The number of esters is 1. The second kappa shape index (κ2) is 9.77. The molecule has 1 aromatic heterocycles. The number of piperazine rings is 1. The van der Waals surface area contributed by atoms with E-state index < -0.39 is 24.0 Å². The maximum atomic E-state index is 12.7. The number of carbonyl (C=O) groups excluding carboxylic acids is 3. The number of amides is 2. The minimum Gasteiger partial charge on any atom is -0.468 e. The Morgan fingerprint density at radius 3 is 2.40 bits per heavy atom. The van der Waals surface area contributed by atoms with Crippen LogP contribution in [0.5, 0.6) is 0 Å². The van der Waals surface area contributed by atoms with E-state index in [0.717, 1.165) is 0 Å². The number of carbonyl (C=O) groups is 3. The van der Waals surface area contributed by atoms with Gasteiger partial charge in [0.05, 0.1) is 13.4 Å². The number of methoxy groups -OCH3 is 1.